The Morgan fingerprint density at radius 2 is 1.86 bits per heavy atom. The van der Waals surface area contributed by atoms with Gasteiger partial charge in [0.1, 0.15) is 0 Å². The van der Waals surface area contributed by atoms with Gasteiger partial charge in [-0.1, -0.05) is 18.2 Å². The maximum absolute atomic E-state index is 12.1. The smallest absolute Gasteiger partial charge is 0.396 e. The van der Waals surface area contributed by atoms with Crippen LogP contribution in [-0.4, -0.2) is 46.2 Å². The molecular weight excluding hydrogens is 296 g/mol. The number of nitrogens with one attached hydrogen (secondary N) is 1. The van der Waals surface area contributed by atoms with E-state index in [9.17, 15) is 18.0 Å². The van der Waals surface area contributed by atoms with Crippen LogP contribution in [0.2, 0.25) is 0 Å². The van der Waals surface area contributed by atoms with Crippen LogP contribution in [0.1, 0.15) is 6.92 Å². The summed E-state index contributed by atoms with van der Waals surface area (Å²) in [7, 11) is -2.15. The molecule has 0 saturated carbocycles. The summed E-state index contributed by atoms with van der Waals surface area (Å²) < 4.78 is 29.8. The second-order valence-electron chi connectivity index (χ2n) is 4.10. The van der Waals surface area contributed by atoms with Crippen LogP contribution in [0.15, 0.2) is 30.3 Å². The van der Waals surface area contributed by atoms with Crippen molar-refractivity contribution in [1.29, 1.82) is 0 Å². The van der Waals surface area contributed by atoms with Gasteiger partial charge >= 0.3 is 11.9 Å². The molecule has 0 unspecified atom stereocenters. The predicted molar refractivity (Wildman–Crippen MR) is 78.3 cm³/mol. The van der Waals surface area contributed by atoms with Gasteiger partial charge in [0.15, 0.2) is 0 Å². The molecule has 0 radical (unpaired) electrons. The Morgan fingerprint density at radius 1 is 1.24 bits per heavy atom. The molecule has 0 aliphatic carbocycles. The zero-order chi connectivity index (χ0) is 15.9. The molecule has 1 N–H and O–H groups in total. The average molecular weight is 314 g/mol. The van der Waals surface area contributed by atoms with Crippen molar-refractivity contribution in [2.75, 3.05) is 30.3 Å². The third kappa shape index (κ3) is 5.07. The molecule has 0 spiro atoms. The first-order chi connectivity index (χ1) is 9.88. The van der Waals surface area contributed by atoms with Crippen molar-refractivity contribution in [2.45, 2.75) is 6.92 Å². The first kappa shape index (κ1) is 17.0. The lowest BCUT2D eigenvalue weighted by molar-refractivity contribution is -0.154. The summed E-state index contributed by atoms with van der Waals surface area (Å²) in [6.45, 7) is 1.49. The summed E-state index contributed by atoms with van der Waals surface area (Å²) in [6.07, 6.45) is 0. The van der Waals surface area contributed by atoms with E-state index in [2.05, 4.69) is 10.1 Å². The minimum absolute atomic E-state index is 0.0846. The molecule has 1 aromatic rings. The van der Waals surface area contributed by atoms with Gasteiger partial charge in [0.2, 0.25) is 10.0 Å². The number of rotatable bonds is 6. The Hall–Kier alpha value is -2.09. The molecule has 1 rings (SSSR count). The van der Waals surface area contributed by atoms with Crippen LogP contribution in [0, 0.1) is 0 Å². The summed E-state index contributed by atoms with van der Waals surface area (Å²) in [6, 6.07) is 8.56. The molecule has 0 atom stereocenters. The average Bonchev–Trinajstić information content (AvgIpc) is 2.47. The Morgan fingerprint density at radius 3 is 2.43 bits per heavy atom. The molecule has 1 amide bonds. The lowest BCUT2D eigenvalue weighted by atomic mass is 10.3. The van der Waals surface area contributed by atoms with E-state index < -0.39 is 21.9 Å². The fourth-order valence-electron chi connectivity index (χ4n) is 1.50. The lowest BCUT2D eigenvalue weighted by Gasteiger charge is -2.19. The highest BCUT2D eigenvalue weighted by molar-refractivity contribution is 7.92. The zero-order valence-electron chi connectivity index (χ0n) is 11.9. The van der Waals surface area contributed by atoms with Gasteiger partial charge in [-0.05, 0) is 19.1 Å². The highest BCUT2D eigenvalue weighted by atomic mass is 32.2. The van der Waals surface area contributed by atoms with Crippen LogP contribution in [-0.2, 0) is 24.3 Å². The van der Waals surface area contributed by atoms with E-state index >= 15 is 0 Å². The summed E-state index contributed by atoms with van der Waals surface area (Å²) in [5, 5.41) is 2.21. The SMILES string of the molecule is CCOC(=O)C(=O)NCCS(=O)(=O)N(C)c1ccccc1. The van der Waals surface area contributed by atoms with Gasteiger partial charge in [-0.3, -0.25) is 9.10 Å². The van der Waals surface area contributed by atoms with Crippen LogP contribution in [0.4, 0.5) is 5.69 Å². The number of benzene rings is 1. The minimum Gasteiger partial charge on any atom is -0.459 e. The Bertz CT molecular complexity index is 586. The van der Waals surface area contributed by atoms with Crippen molar-refractivity contribution in [2.24, 2.45) is 0 Å². The van der Waals surface area contributed by atoms with E-state index in [4.69, 9.17) is 0 Å². The van der Waals surface area contributed by atoms with Crippen molar-refractivity contribution in [1.82, 2.24) is 5.32 Å². The third-order valence-electron chi connectivity index (χ3n) is 2.64. The second kappa shape index (κ2) is 7.63. The van der Waals surface area contributed by atoms with Crippen LogP contribution in [0.3, 0.4) is 0 Å². The van der Waals surface area contributed by atoms with Gasteiger partial charge in [-0.2, -0.15) is 0 Å². The van der Waals surface area contributed by atoms with Crippen molar-refractivity contribution >= 4 is 27.6 Å². The van der Waals surface area contributed by atoms with Crippen molar-refractivity contribution in [3.63, 3.8) is 0 Å². The van der Waals surface area contributed by atoms with Gasteiger partial charge in [0.05, 0.1) is 18.0 Å². The van der Waals surface area contributed by atoms with Crippen LogP contribution in [0.5, 0.6) is 0 Å². The van der Waals surface area contributed by atoms with Gasteiger partial charge in [-0.15, -0.1) is 0 Å². The molecule has 0 aliphatic heterocycles. The normalized spacial score (nSPS) is 10.8. The number of sulfonamides is 1. The number of anilines is 1. The van der Waals surface area contributed by atoms with Crippen LogP contribution in [0.25, 0.3) is 0 Å². The molecule has 1 aromatic carbocycles. The first-order valence-electron chi connectivity index (χ1n) is 6.35. The second-order valence-corrected chi connectivity index (χ2v) is 6.22. The van der Waals surface area contributed by atoms with Crippen LogP contribution >= 0.6 is 0 Å². The van der Waals surface area contributed by atoms with E-state index in [0.717, 1.165) is 4.31 Å². The Labute approximate surface area is 123 Å². The molecule has 0 aromatic heterocycles. The third-order valence-corrected chi connectivity index (χ3v) is 4.41. The molecular formula is C13H18N2O5S. The maximum atomic E-state index is 12.1. The molecule has 0 heterocycles. The van der Waals surface area contributed by atoms with Gasteiger partial charge < -0.3 is 10.1 Å². The van der Waals surface area contributed by atoms with E-state index in [1.807, 2.05) is 0 Å². The topological polar surface area (TPSA) is 92.8 Å². The molecule has 0 saturated heterocycles. The highest BCUT2D eigenvalue weighted by Gasteiger charge is 2.20. The largest absolute Gasteiger partial charge is 0.459 e. The van der Waals surface area contributed by atoms with E-state index in [1.165, 1.54) is 7.05 Å². The van der Waals surface area contributed by atoms with Crippen molar-refractivity contribution in [3.8, 4) is 0 Å². The number of hydrogen-bond donors (Lipinski definition) is 1. The highest BCUT2D eigenvalue weighted by Crippen LogP contribution is 2.14. The van der Waals surface area contributed by atoms with Gasteiger partial charge in [-0.25, -0.2) is 13.2 Å². The molecule has 0 bridgehead atoms. The number of carbonyl (C=O) groups is 2. The summed E-state index contributed by atoms with van der Waals surface area (Å²) in [4.78, 5) is 22.3. The van der Waals surface area contributed by atoms with E-state index in [1.54, 1.807) is 37.3 Å². The number of para-hydroxylation sites is 1. The first-order valence-corrected chi connectivity index (χ1v) is 7.96. The summed E-state index contributed by atoms with van der Waals surface area (Å²) in [5.41, 5.74) is 0.522. The molecule has 116 valence electrons. The van der Waals surface area contributed by atoms with Gasteiger partial charge in [0.25, 0.3) is 0 Å². The molecule has 0 fully saturated rings. The number of amides is 1. The minimum atomic E-state index is -3.58. The number of ether oxygens (including phenoxy) is 1. The lowest BCUT2D eigenvalue weighted by Crippen LogP contribution is -2.38. The molecule has 21 heavy (non-hydrogen) atoms. The molecule has 8 heteroatoms. The van der Waals surface area contributed by atoms with Crippen LogP contribution < -0.4 is 9.62 Å². The number of esters is 1. The standard InChI is InChI=1S/C13H18N2O5S/c1-3-20-13(17)12(16)14-9-10-21(18,19)15(2)11-7-5-4-6-8-11/h4-8H,3,9-10H2,1-2H3,(H,14,16). The zero-order valence-corrected chi connectivity index (χ0v) is 12.7. The monoisotopic (exact) mass is 314 g/mol. The van der Waals surface area contributed by atoms with Crippen molar-refractivity contribution < 1.29 is 22.7 Å². The predicted octanol–water partition coefficient (Wildman–Crippen LogP) is 0.132. The fraction of sp³-hybridized carbons (Fsp3) is 0.385. The Balaban J connectivity index is 2.54. The van der Waals surface area contributed by atoms with E-state index in [-0.39, 0.29) is 18.9 Å². The molecule has 7 nitrogen and oxygen atoms in total. The summed E-state index contributed by atoms with van der Waals surface area (Å²) >= 11 is 0. The van der Waals surface area contributed by atoms with Gasteiger partial charge in [0, 0.05) is 13.6 Å². The maximum Gasteiger partial charge on any atom is 0.396 e. The quantitative estimate of drug-likeness (QED) is 0.595. The molecule has 0 aliphatic rings. The van der Waals surface area contributed by atoms with Crippen molar-refractivity contribution in [3.05, 3.63) is 30.3 Å². The summed E-state index contributed by atoms with van der Waals surface area (Å²) in [5.74, 6) is -2.29. The van der Waals surface area contributed by atoms with E-state index in [0.29, 0.717) is 5.69 Å². The number of nitrogens with zero attached hydrogens (tertiary/aromatic N) is 1. The number of hydrogen-bond acceptors (Lipinski definition) is 5. The Kier molecular flexibility index (Phi) is 6.16. The fourth-order valence-corrected chi connectivity index (χ4v) is 2.57. The number of carbonyl (C=O) groups excluding carboxylic acids is 2.